The zero-order valence-corrected chi connectivity index (χ0v) is 9.13. The Hall–Kier alpha value is -1.42. The van der Waals surface area contributed by atoms with Crippen molar-refractivity contribution in [2.45, 2.75) is 25.3 Å². The number of fused-ring (bicyclic) bond motifs is 1. The summed E-state index contributed by atoms with van der Waals surface area (Å²) < 4.78 is 17.9. The lowest BCUT2D eigenvalue weighted by atomic mass is 9.98. The largest absolute Gasteiger partial charge is 0.465 e. The van der Waals surface area contributed by atoms with Crippen molar-refractivity contribution < 1.29 is 13.9 Å². The van der Waals surface area contributed by atoms with E-state index in [1.165, 1.54) is 12.1 Å². The molecule has 0 saturated heterocycles. The summed E-state index contributed by atoms with van der Waals surface area (Å²) in [6.07, 6.45) is 0.764. The number of rotatable bonds is 2. The van der Waals surface area contributed by atoms with E-state index in [4.69, 9.17) is 10.5 Å². The molecule has 3 nitrogen and oxygen atoms in total. The fourth-order valence-corrected chi connectivity index (χ4v) is 2.09. The van der Waals surface area contributed by atoms with Gasteiger partial charge >= 0.3 is 5.97 Å². The molecule has 2 N–H and O–H groups in total. The second kappa shape index (κ2) is 3.87. The molecule has 1 aromatic carbocycles. The predicted molar refractivity (Wildman–Crippen MR) is 57.4 cm³/mol. The molecule has 0 aromatic heterocycles. The van der Waals surface area contributed by atoms with Gasteiger partial charge in [-0.3, -0.25) is 4.79 Å². The number of esters is 1. The maximum atomic E-state index is 13.0. The van der Waals surface area contributed by atoms with E-state index >= 15 is 0 Å². The van der Waals surface area contributed by atoms with Gasteiger partial charge in [0.25, 0.3) is 0 Å². The van der Waals surface area contributed by atoms with Crippen molar-refractivity contribution in [1.29, 1.82) is 0 Å². The van der Waals surface area contributed by atoms with E-state index in [1.807, 2.05) is 0 Å². The first-order valence-electron chi connectivity index (χ1n) is 5.28. The van der Waals surface area contributed by atoms with Crippen molar-refractivity contribution in [2.24, 2.45) is 5.73 Å². The highest BCUT2D eigenvalue weighted by Crippen LogP contribution is 2.29. The first kappa shape index (κ1) is 11.1. The highest BCUT2D eigenvalue weighted by atomic mass is 19.1. The third kappa shape index (κ3) is 1.80. The Balaban J connectivity index is 2.24. The lowest BCUT2D eigenvalue weighted by Crippen LogP contribution is -2.50. The molecule has 0 unspecified atom stereocenters. The van der Waals surface area contributed by atoms with Crippen LogP contribution in [0.15, 0.2) is 18.2 Å². The van der Waals surface area contributed by atoms with Crippen molar-refractivity contribution in [2.75, 3.05) is 6.61 Å². The lowest BCUT2D eigenvalue weighted by molar-refractivity contribution is -0.149. The molecule has 86 valence electrons. The molecule has 1 aliphatic carbocycles. The summed E-state index contributed by atoms with van der Waals surface area (Å²) in [5, 5.41) is 0. The summed E-state index contributed by atoms with van der Waals surface area (Å²) in [7, 11) is 0. The fourth-order valence-electron chi connectivity index (χ4n) is 2.09. The highest BCUT2D eigenvalue weighted by Gasteiger charge is 2.41. The third-order valence-electron chi connectivity index (χ3n) is 2.86. The number of nitrogens with two attached hydrogens (primary N) is 1. The van der Waals surface area contributed by atoms with Gasteiger partial charge in [-0.1, -0.05) is 6.07 Å². The lowest BCUT2D eigenvalue weighted by Gasteiger charge is -2.20. The molecule has 1 atom stereocenters. The number of ether oxygens (including phenoxy) is 1. The van der Waals surface area contributed by atoms with Gasteiger partial charge < -0.3 is 10.5 Å². The monoisotopic (exact) mass is 223 g/mol. The molecule has 0 aliphatic heterocycles. The van der Waals surface area contributed by atoms with E-state index in [0.29, 0.717) is 19.4 Å². The minimum absolute atomic E-state index is 0.299. The van der Waals surface area contributed by atoms with Crippen molar-refractivity contribution in [1.82, 2.24) is 0 Å². The Morgan fingerprint density at radius 2 is 2.19 bits per heavy atom. The van der Waals surface area contributed by atoms with Crippen LogP contribution >= 0.6 is 0 Å². The smallest absolute Gasteiger partial charge is 0.326 e. The van der Waals surface area contributed by atoms with Crippen LogP contribution in [-0.4, -0.2) is 18.1 Å². The van der Waals surface area contributed by atoms with Gasteiger partial charge in [-0.25, -0.2) is 4.39 Å². The summed E-state index contributed by atoms with van der Waals surface area (Å²) in [6, 6.07) is 4.50. The van der Waals surface area contributed by atoms with Crippen LogP contribution in [0.1, 0.15) is 18.1 Å². The molecule has 0 saturated carbocycles. The SMILES string of the molecule is CCOC(=O)[C@@]1(N)Cc2ccc(F)cc2C1. The molecule has 16 heavy (non-hydrogen) atoms. The van der Waals surface area contributed by atoms with Gasteiger partial charge in [0.05, 0.1) is 6.61 Å². The minimum atomic E-state index is -1.02. The van der Waals surface area contributed by atoms with Gasteiger partial charge in [0.15, 0.2) is 0 Å². The molecule has 0 spiro atoms. The Morgan fingerprint density at radius 1 is 1.50 bits per heavy atom. The average molecular weight is 223 g/mol. The second-order valence-electron chi connectivity index (χ2n) is 4.14. The number of carbonyl (C=O) groups excluding carboxylic acids is 1. The molecule has 0 fully saturated rings. The highest BCUT2D eigenvalue weighted by molar-refractivity contribution is 5.82. The number of carbonyl (C=O) groups is 1. The predicted octanol–water partition coefficient (Wildman–Crippen LogP) is 1.18. The fraction of sp³-hybridized carbons (Fsp3) is 0.417. The van der Waals surface area contributed by atoms with Crippen LogP contribution < -0.4 is 5.73 Å². The van der Waals surface area contributed by atoms with Crippen molar-refractivity contribution in [3.63, 3.8) is 0 Å². The molecule has 1 aromatic rings. The number of hydrogen-bond acceptors (Lipinski definition) is 3. The molecule has 0 amide bonds. The molecule has 0 bridgehead atoms. The van der Waals surface area contributed by atoms with Crippen LogP contribution in [0.4, 0.5) is 4.39 Å². The van der Waals surface area contributed by atoms with Crippen LogP contribution in [0.3, 0.4) is 0 Å². The molecular formula is C12H14FNO2. The van der Waals surface area contributed by atoms with Crippen LogP contribution in [0.2, 0.25) is 0 Å². The number of benzene rings is 1. The van der Waals surface area contributed by atoms with Gasteiger partial charge in [-0.15, -0.1) is 0 Å². The third-order valence-corrected chi connectivity index (χ3v) is 2.86. The topological polar surface area (TPSA) is 52.3 Å². The van der Waals surface area contributed by atoms with E-state index < -0.39 is 11.5 Å². The number of halogens is 1. The summed E-state index contributed by atoms with van der Waals surface area (Å²) >= 11 is 0. The Labute approximate surface area is 93.4 Å². The van der Waals surface area contributed by atoms with Crippen LogP contribution in [0.25, 0.3) is 0 Å². The molecule has 2 rings (SSSR count). The van der Waals surface area contributed by atoms with Crippen molar-refractivity contribution in [3.05, 3.63) is 35.1 Å². The van der Waals surface area contributed by atoms with E-state index in [0.717, 1.165) is 11.1 Å². The van der Waals surface area contributed by atoms with E-state index in [1.54, 1.807) is 13.0 Å². The van der Waals surface area contributed by atoms with Crippen LogP contribution in [0, 0.1) is 5.82 Å². The van der Waals surface area contributed by atoms with Gasteiger partial charge in [-0.05, 0) is 30.2 Å². The Bertz CT molecular complexity index is 433. The van der Waals surface area contributed by atoms with Gasteiger partial charge in [0.1, 0.15) is 11.4 Å². The van der Waals surface area contributed by atoms with Crippen LogP contribution in [0.5, 0.6) is 0 Å². The normalized spacial score (nSPS) is 22.9. The molecule has 4 heteroatoms. The maximum absolute atomic E-state index is 13.0. The first-order valence-corrected chi connectivity index (χ1v) is 5.28. The standard InChI is InChI=1S/C12H14FNO2/c1-2-16-11(15)12(14)6-8-3-4-10(13)5-9(8)7-12/h3-5H,2,6-7,14H2,1H3/t12-/m1/s1. The summed E-state index contributed by atoms with van der Waals surface area (Å²) in [6.45, 7) is 2.05. The molecular weight excluding hydrogens is 209 g/mol. The second-order valence-corrected chi connectivity index (χ2v) is 4.14. The zero-order chi connectivity index (χ0) is 11.8. The maximum Gasteiger partial charge on any atom is 0.326 e. The first-order chi connectivity index (χ1) is 7.55. The summed E-state index contributed by atoms with van der Waals surface area (Å²) in [5.41, 5.74) is 6.70. The quantitative estimate of drug-likeness (QED) is 0.766. The molecule has 0 radical (unpaired) electrons. The zero-order valence-electron chi connectivity index (χ0n) is 9.13. The summed E-state index contributed by atoms with van der Waals surface area (Å²) in [4.78, 5) is 11.7. The van der Waals surface area contributed by atoms with Crippen LogP contribution in [-0.2, 0) is 22.4 Å². The Kier molecular flexibility index (Phi) is 2.68. The Morgan fingerprint density at radius 3 is 2.88 bits per heavy atom. The minimum Gasteiger partial charge on any atom is -0.465 e. The van der Waals surface area contributed by atoms with Gasteiger partial charge in [0, 0.05) is 12.8 Å². The van der Waals surface area contributed by atoms with Gasteiger partial charge in [-0.2, -0.15) is 0 Å². The van der Waals surface area contributed by atoms with E-state index in [2.05, 4.69) is 0 Å². The average Bonchev–Trinajstić information content (AvgIpc) is 2.55. The molecule has 1 aliphatic rings. The van der Waals surface area contributed by atoms with Crippen molar-refractivity contribution >= 4 is 5.97 Å². The van der Waals surface area contributed by atoms with Gasteiger partial charge in [0.2, 0.25) is 0 Å². The van der Waals surface area contributed by atoms with E-state index in [9.17, 15) is 9.18 Å². The molecule has 0 heterocycles. The van der Waals surface area contributed by atoms with Crippen molar-refractivity contribution in [3.8, 4) is 0 Å². The van der Waals surface area contributed by atoms with E-state index in [-0.39, 0.29) is 5.82 Å². The number of hydrogen-bond donors (Lipinski definition) is 1. The summed E-state index contributed by atoms with van der Waals surface area (Å²) in [5.74, 6) is -0.710.